The molecular weight excluding hydrogens is 326 g/mol. The number of carbonyl (C=O) groups excluding carboxylic acids is 1. The fraction of sp³-hybridized carbons (Fsp3) is 0.250. The second-order valence-corrected chi connectivity index (χ2v) is 6.51. The Morgan fingerprint density at radius 3 is 2.81 bits per heavy atom. The van der Waals surface area contributed by atoms with E-state index in [0.717, 1.165) is 25.3 Å². The minimum Gasteiger partial charge on any atom is -0.322 e. The van der Waals surface area contributed by atoms with Gasteiger partial charge in [0.1, 0.15) is 12.1 Å². The highest BCUT2D eigenvalue weighted by Gasteiger charge is 2.13. The number of nitrogens with one attached hydrogen (secondary N) is 1. The van der Waals surface area contributed by atoms with E-state index in [0.29, 0.717) is 11.4 Å². The van der Waals surface area contributed by atoms with Crippen LogP contribution in [0.15, 0.2) is 61.3 Å². The van der Waals surface area contributed by atoms with Crippen LogP contribution in [0, 0.1) is 0 Å². The molecule has 1 N–H and O–H groups in total. The standard InChI is InChI=1S/C20H21N5O/c26-20(17-6-7-22-19(13-17)25-11-8-21-15-25)23-18-5-3-4-16(12-18)14-24-9-1-2-10-24/h3-8,11-13,15H,1-2,9-10,14H2,(H,23,26). The van der Waals surface area contributed by atoms with Crippen LogP contribution in [0.5, 0.6) is 0 Å². The summed E-state index contributed by atoms with van der Waals surface area (Å²) < 4.78 is 1.77. The average molecular weight is 347 g/mol. The van der Waals surface area contributed by atoms with Crippen LogP contribution in [0.3, 0.4) is 0 Å². The molecule has 2 aromatic heterocycles. The van der Waals surface area contributed by atoms with Gasteiger partial charge in [-0.25, -0.2) is 9.97 Å². The molecule has 0 spiro atoms. The molecule has 0 radical (unpaired) electrons. The Hall–Kier alpha value is -2.99. The van der Waals surface area contributed by atoms with Gasteiger partial charge in [-0.1, -0.05) is 12.1 Å². The molecule has 1 amide bonds. The molecular formula is C20H21N5O. The second kappa shape index (κ2) is 7.49. The lowest BCUT2D eigenvalue weighted by molar-refractivity contribution is 0.102. The number of likely N-dealkylation sites (tertiary alicyclic amines) is 1. The molecule has 0 aliphatic carbocycles. The fourth-order valence-corrected chi connectivity index (χ4v) is 3.25. The van der Waals surface area contributed by atoms with Crippen molar-refractivity contribution in [1.82, 2.24) is 19.4 Å². The molecule has 26 heavy (non-hydrogen) atoms. The molecule has 1 aliphatic heterocycles. The summed E-state index contributed by atoms with van der Waals surface area (Å²) in [5.74, 6) is 0.519. The summed E-state index contributed by atoms with van der Waals surface area (Å²) in [6, 6.07) is 11.5. The number of pyridine rings is 1. The van der Waals surface area contributed by atoms with Gasteiger partial charge in [-0.3, -0.25) is 14.3 Å². The second-order valence-electron chi connectivity index (χ2n) is 6.51. The van der Waals surface area contributed by atoms with Crippen molar-refractivity contribution in [2.24, 2.45) is 0 Å². The number of anilines is 1. The number of benzene rings is 1. The Morgan fingerprint density at radius 2 is 2.00 bits per heavy atom. The first-order valence-corrected chi connectivity index (χ1v) is 8.85. The van der Waals surface area contributed by atoms with Crippen molar-refractivity contribution < 1.29 is 4.79 Å². The van der Waals surface area contributed by atoms with E-state index in [1.165, 1.54) is 18.4 Å². The first-order valence-electron chi connectivity index (χ1n) is 8.85. The zero-order chi connectivity index (χ0) is 17.8. The summed E-state index contributed by atoms with van der Waals surface area (Å²) in [5.41, 5.74) is 2.60. The molecule has 0 unspecified atom stereocenters. The molecule has 1 fully saturated rings. The SMILES string of the molecule is O=C(Nc1cccc(CN2CCCC2)c1)c1ccnc(-n2ccnc2)c1. The van der Waals surface area contributed by atoms with Gasteiger partial charge in [0, 0.05) is 36.4 Å². The third-order valence-corrected chi connectivity index (χ3v) is 4.57. The molecule has 6 heteroatoms. The Bertz CT molecular complexity index is 885. The van der Waals surface area contributed by atoms with Gasteiger partial charge in [-0.05, 0) is 55.8 Å². The topological polar surface area (TPSA) is 63.1 Å². The van der Waals surface area contributed by atoms with E-state index >= 15 is 0 Å². The Kier molecular flexibility index (Phi) is 4.75. The van der Waals surface area contributed by atoms with Crippen LogP contribution in [-0.4, -0.2) is 38.4 Å². The fourth-order valence-electron chi connectivity index (χ4n) is 3.25. The highest BCUT2D eigenvalue weighted by molar-refractivity contribution is 6.04. The van der Waals surface area contributed by atoms with Gasteiger partial charge in [0.2, 0.25) is 0 Å². The predicted octanol–water partition coefficient (Wildman–Crippen LogP) is 3.12. The molecule has 4 rings (SSSR count). The normalized spacial score (nSPS) is 14.5. The van der Waals surface area contributed by atoms with E-state index in [-0.39, 0.29) is 5.91 Å². The van der Waals surface area contributed by atoms with Crippen LogP contribution in [0.25, 0.3) is 5.82 Å². The van der Waals surface area contributed by atoms with Gasteiger partial charge in [0.15, 0.2) is 0 Å². The number of amides is 1. The summed E-state index contributed by atoms with van der Waals surface area (Å²) in [6.45, 7) is 3.25. The van der Waals surface area contributed by atoms with Crippen LogP contribution >= 0.6 is 0 Å². The molecule has 1 saturated heterocycles. The number of nitrogens with zero attached hydrogens (tertiary/aromatic N) is 4. The minimum absolute atomic E-state index is 0.146. The number of rotatable bonds is 5. The summed E-state index contributed by atoms with van der Waals surface area (Å²) in [6.07, 6.45) is 9.32. The largest absolute Gasteiger partial charge is 0.322 e. The lowest BCUT2D eigenvalue weighted by Gasteiger charge is -2.15. The number of carbonyl (C=O) groups is 1. The molecule has 0 bridgehead atoms. The van der Waals surface area contributed by atoms with Gasteiger partial charge in [-0.2, -0.15) is 0 Å². The average Bonchev–Trinajstić information content (AvgIpc) is 3.36. The van der Waals surface area contributed by atoms with Gasteiger partial charge in [0.25, 0.3) is 5.91 Å². The first-order chi connectivity index (χ1) is 12.8. The lowest BCUT2D eigenvalue weighted by atomic mass is 10.1. The predicted molar refractivity (Wildman–Crippen MR) is 100 cm³/mol. The summed E-state index contributed by atoms with van der Waals surface area (Å²) in [4.78, 5) is 23.4. The van der Waals surface area contributed by atoms with E-state index < -0.39 is 0 Å². The third kappa shape index (κ3) is 3.81. The molecule has 3 aromatic rings. The van der Waals surface area contributed by atoms with Crippen LogP contribution in [0.4, 0.5) is 5.69 Å². The van der Waals surface area contributed by atoms with Crippen molar-refractivity contribution in [2.45, 2.75) is 19.4 Å². The van der Waals surface area contributed by atoms with E-state index in [2.05, 4.69) is 26.3 Å². The number of aromatic nitrogens is 3. The van der Waals surface area contributed by atoms with Gasteiger partial charge in [0.05, 0.1) is 0 Å². The van der Waals surface area contributed by atoms with E-state index in [1.54, 1.807) is 41.6 Å². The molecule has 0 saturated carbocycles. The minimum atomic E-state index is -0.146. The van der Waals surface area contributed by atoms with Crippen LogP contribution in [0.1, 0.15) is 28.8 Å². The zero-order valence-corrected chi connectivity index (χ0v) is 14.5. The summed E-state index contributed by atoms with van der Waals surface area (Å²) >= 11 is 0. The molecule has 0 atom stereocenters. The van der Waals surface area contributed by atoms with Crippen molar-refractivity contribution in [3.8, 4) is 5.82 Å². The Morgan fingerprint density at radius 1 is 1.12 bits per heavy atom. The quantitative estimate of drug-likeness (QED) is 0.770. The maximum atomic E-state index is 12.6. The van der Waals surface area contributed by atoms with Crippen molar-refractivity contribution in [3.63, 3.8) is 0 Å². The highest BCUT2D eigenvalue weighted by Crippen LogP contribution is 2.17. The van der Waals surface area contributed by atoms with Crippen LogP contribution in [0.2, 0.25) is 0 Å². The lowest BCUT2D eigenvalue weighted by Crippen LogP contribution is -2.18. The zero-order valence-electron chi connectivity index (χ0n) is 14.5. The van der Waals surface area contributed by atoms with Crippen LogP contribution < -0.4 is 5.32 Å². The molecule has 6 nitrogen and oxygen atoms in total. The number of hydrogen-bond donors (Lipinski definition) is 1. The van der Waals surface area contributed by atoms with Gasteiger partial charge >= 0.3 is 0 Å². The number of hydrogen-bond acceptors (Lipinski definition) is 4. The molecule has 1 aromatic carbocycles. The first kappa shape index (κ1) is 16.5. The van der Waals surface area contributed by atoms with Crippen molar-refractivity contribution in [3.05, 3.63) is 72.4 Å². The summed E-state index contributed by atoms with van der Waals surface area (Å²) in [5, 5.41) is 2.99. The smallest absolute Gasteiger partial charge is 0.255 e. The summed E-state index contributed by atoms with van der Waals surface area (Å²) in [7, 11) is 0. The molecule has 132 valence electrons. The number of imidazole rings is 1. The maximum absolute atomic E-state index is 12.6. The van der Waals surface area contributed by atoms with E-state index in [4.69, 9.17) is 0 Å². The van der Waals surface area contributed by atoms with Crippen molar-refractivity contribution >= 4 is 11.6 Å². The van der Waals surface area contributed by atoms with E-state index in [9.17, 15) is 4.79 Å². The van der Waals surface area contributed by atoms with E-state index in [1.807, 2.05) is 18.2 Å². The van der Waals surface area contributed by atoms with Crippen molar-refractivity contribution in [1.29, 1.82) is 0 Å². The van der Waals surface area contributed by atoms with Crippen molar-refractivity contribution in [2.75, 3.05) is 18.4 Å². The Labute approximate surface area is 152 Å². The molecule has 3 heterocycles. The van der Waals surface area contributed by atoms with Gasteiger partial charge in [-0.15, -0.1) is 0 Å². The van der Waals surface area contributed by atoms with Crippen LogP contribution in [-0.2, 0) is 6.54 Å². The third-order valence-electron chi connectivity index (χ3n) is 4.57. The Balaban J connectivity index is 1.47. The molecule has 1 aliphatic rings. The highest BCUT2D eigenvalue weighted by atomic mass is 16.1. The monoisotopic (exact) mass is 347 g/mol. The van der Waals surface area contributed by atoms with Gasteiger partial charge < -0.3 is 5.32 Å². The maximum Gasteiger partial charge on any atom is 0.255 e.